The maximum atomic E-state index is 16.8. The fourth-order valence-electron chi connectivity index (χ4n) is 14.1. The third-order valence-corrected chi connectivity index (χ3v) is 20.3. The zero-order valence-electron chi connectivity index (χ0n) is 46.2. The summed E-state index contributed by atoms with van der Waals surface area (Å²) in [7, 11) is 0. The van der Waals surface area contributed by atoms with Crippen molar-refractivity contribution in [1.82, 2.24) is 0 Å². The summed E-state index contributed by atoms with van der Waals surface area (Å²) < 4.78 is 19.6. The number of hydrogen-bond acceptors (Lipinski definition) is 3. The number of rotatable bonds is 3. The van der Waals surface area contributed by atoms with Gasteiger partial charge in [0.1, 0.15) is 5.82 Å². The minimum absolute atomic E-state index is 0.00440. The van der Waals surface area contributed by atoms with Crippen LogP contribution < -0.4 is 25.5 Å². The number of anilines is 6. The lowest BCUT2D eigenvalue weighted by Crippen LogP contribution is -2.61. The second-order valence-corrected chi connectivity index (χ2v) is 29.1. The number of hydrogen-bond donors (Lipinski definition) is 0. The number of halogens is 1. The molecular formula is C67H76BFN2S. The van der Waals surface area contributed by atoms with E-state index in [1.165, 1.54) is 112 Å². The van der Waals surface area contributed by atoms with Crippen molar-refractivity contribution < 1.29 is 4.39 Å². The zero-order valence-corrected chi connectivity index (χ0v) is 47.1. The molecule has 6 aromatic carbocycles. The van der Waals surface area contributed by atoms with E-state index in [2.05, 4.69) is 193 Å². The van der Waals surface area contributed by atoms with E-state index >= 15 is 4.39 Å². The Labute approximate surface area is 435 Å². The van der Waals surface area contributed by atoms with Crippen molar-refractivity contribution in [2.75, 3.05) is 9.80 Å². The van der Waals surface area contributed by atoms with Crippen molar-refractivity contribution in [3.05, 3.63) is 147 Å². The highest BCUT2D eigenvalue weighted by atomic mass is 32.1. The van der Waals surface area contributed by atoms with Crippen LogP contribution in [-0.4, -0.2) is 6.71 Å². The first kappa shape index (κ1) is 47.9. The van der Waals surface area contributed by atoms with Crippen molar-refractivity contribution in [3.63, 3.8) is 0 Å². The molecule has 3 aliphatic carbocycles. The van der Waals surface area contributed by atoms with E-state index in [4.69, 9.17) is 0 Å². The van der Waals surface area contributed by atoms with Gasteiger partial charge in [0.05, 0.1) is 11.4 Å². The van der Waals surface area contributed by atoms with Gasteiger partial charge in [-0.1, -0.05) is 140 Å². The fraction of sp³-hybridized carbons (Fsp3) is 0.433. The molecule has 370 valence electrons. The molecule has 5 heteroatoms. The fourth-order valence-corrected chi connectivity index (χ4v) is 15.4. The monoisotopic (exact) mass is 971 g/mol. The van der Waals surface area contributed by atoms with Crippen molar-refractivity contribution >= 4 is 78.0 Å². The average molecular weight is 971 g/mol. The van der Waals surface area contributed by atoms with Crippen LogP contribution in [0.15, 0.2) is 97.1 Å². The lowest BCUT2D eigenvalue weighted by Gasteiger charge is -2.48. The van der Waals surface area contributed by atoms with E-state index in [0.29, 0.717) is 5.56 Å². The Hall–Kier alpha value is -5.13. The third kappa shape index (κ3) is 6.97. The number of aryl methyl sites for hydroxylation is 1. The zero-order chi connectivity index (χ0) is 51.2. The molecule has 2 aliphatic heterocycles. The summed E-state index contributed by atoms with van der Waals surface area (Å²) in [6.45, 7) is 38.6. The molecule has 0 unspecified atom stereocenters. The van der Waals surface area contributed by atoms with Gasteiger partial charge in [0.2, 0.25) is 0 Å². The molecule has 0 saturated heterocycles. The molecule has 0 spiro atoms. The molecule has 0 atom stereocenters. The van der Waals surface area contributed by atoms with E-state index in [1.54, 1.807) is 6.07 Å². The van der Waals surface area contributed by atoms with Crippen molar-refractivity contribution in [2.24, 2.45) is 0 Å². The molecule has 12 rings (SSSR count). The maximum absolute atomic E-state index is 16.8. The summed E-state index contributed by atoms with van der Waals surface area (Å²) in [6.07, 6.45) is 6.79. The molecule has 0 fully saturated rings. The molecule has 7 aromatic rings. The highest BCUT2D eigenvalue weighted by molar-refractivity contribution is 7.33. The molecule has 0 bridgehead atoms. The molecule has 0 amide bonds. The lowest BCUT2D eigenvalue weighted by atomic mass is 9.35. The van der Waals surface area contributed by atoms with Crippen LogP contribution in [0.4, 0.5) is 38.5 Å². The normalized spacial score (nSPS) is 20.3. The number of benzene rings is 6. The average Bonchev–Trinajstić information content (AvgIpc) is 3.68. The van der Waals surface area contributed by atoms with Crippen LogP contribution in [-0.2, 0) is 37.9 Å². The molecule has 72 heavy (non-hydrogen) atoms. The van der Waals surface area contributed by atoms with Gasteiger partial charge in [0.25, 0.3) is 6.71 Å². The van der Waals surface area contributed by atoms with Crippen molar-refractivity contribution in [2.45, 2.75) is 187 Å². The second-order valence-electron chi connectivity index (χ2n) is 28.0. The Morgan fingerprint density at radius 1 is 0.500 bits per heavy atom. The molecule has 0 radical (unpaired) electrons. The lowest BCUT2D eigenvalue weighted by molar-refractivity contribution is 0.332. The van der Waals surface area contributed by atoms with Crippen LogP contribution in [0.3, 0.4) is 0 Å². The van der Waals surface area contributed by atoms with Gasteiger partial charge in [-0.3, -0.25) is 0 Å². The summed E-state index contributed by atoms with van der Waals surface area (Å²) in [5.41, 5.74) is 22.7. The van der Waals surface area contributed by atoms with E-state index in [-0.39, 0.29) is 50.4 Å². The van der Waals surface area contributed by atoms with E-state index in [0.717, 1.165) is 36.9 Å². The standard InChI is InChI=1S/C67H76BFN2S/c1-39-31-55-58-56(32-39)71(53-36-48-45(62(5,6)25-28-65(48,11)12)33-43(53)42-19-17-18-20-52(42)69)54-37-49-47(64(9,10)27-29-66(49,13)14)35-51(54)68(58)60-59(70(55)41-23-21-40(22-24-41)61(2,3)4)44-34-46-50(38-57(44)72-60)67(15,16)30-26-63(46,7)8/h17-24,31-38H,25-30H2,1-16H3. The van der Waals surface area contributed by atoms with E-state index in [1.807, 2.05) is 29.5 Å². The van der Waals surface area contributed by atoms with Gasteiger partial charge >= 0.3 is 0 Å². The highest BCUT2D eigenvalue weighted by Crippen LogP contribution is 2.57. The van der Waals surface area contributed by atoms with E-state index in [9.17, 15) is 0 Å². The van der Waals surface area contributed by atoms with Crippen LogP contribution in [0.25, 0.3) is 21.2 Å². The largest absolute Gasteiger partial charge is 0.311 e. The second kappa shape index (κ2) is 15.2. The van der Waals surface area contributed by atoms with Gasteiger partial charge in [-0.05, 0) is 199 Å². The van der Waals surface area contributed by atoms with Gasteiger partial charge < -0.3 is 9.80 Å². The summed E-state index contributed by atoms with van der Waals surface area (Å²) in [5.74, 6) is -0.185. The van der Waals surface area contributed by atoms with Crippen LogP contribution >= 0.6 is 11.3 Å². The van der Waals surface area contributed by atoms with Crippen LogP contribution in [0.1, 0.15) is 187 Å². The van der Waals surface area contributed by atoms with Crippen LogP contribution in [0, 0.1) is 12.7 Å². The molecule has 3 heterocycles. The highest BCUT2D eigenvalue weighted by Gasteiger charge is 2.50. The Kier molecular flexibility index (Phi) is 10.1. The molecule has 1 aromatic heterocycles. The first-order valence-electron chi connectivity index (χ1n) is 27.2. The molecule has 0 N–H and O–H groups in total. The van der Waals surface area contributed by atoms with Gasteiger partial charge in [0, 0.05) is 48.7 Å². The summed E-state index contributed by atoms with van der Waals surface area (Å²) in [6, 6.07) is 37.4. The van der Waals surface area contributed by atoms with Gasteiger partial charge in [-0.25, -0.2) is 4.39 Å². The molecule has 0 saturated carbocycles. The Bertz CT molecular complexity index is 3440. The van der Waals surface area contributed by atoms with Crippen LogP contribution in [0.2, 0.25) is 0 Å². The predicted octanol–water partition coefficient (Wildman–Crippen LogP) is 17.4. The summed E-state index contributed by atoms with van der Waals surface area (Å²) >= 11 is 2.03. The van der Waals surface area contributed by atoms with Gasteiger partial charge in [0.15, 0.2) is 0 Å². The number of fused-ring (bicyclic) bond motifs is 9. The third-order valence-electron chi connectivity index (χ3n) is 19.1. The van der Waals surface area contributed by atoms with Gasteiger partial charge in [-0.2, -0.15) is 0 Å². The molecule has 2 nitrogen and oxygen atoms in total. The van der Waals surface area contributed by atoms with Gasteiger partial charge in [-0.15, -0.1) is 11.3 Å². The quantitative estimate of drug-likeness (QED) is 0.163. The Morgan fingerprint density at radius 2 is 0.972 bits per heavy atom. The molecule has 5 aliphatic rings. The summed E-state index contributed by atoms with van der Waals surface area (Å²) in [5, 5.41) is 1.36. The number of thiophene rings is 1. The minimum atomic E-state index is -0.185. The number of nitrogens with zero attached hydrogens (tertiary/aromatic N) is 2. The SMILES string of the molecule is Cc1cc2c3c(c1)N(c1ccc(C(C)(C)C)cc1)c1c(sc4cc5c(cc14)C(C)(C)CCC5(C)C)B3c1cc3c(cc1N2c1cc2c(cc1-c1ccccc1F)C(C)(C)CCC2(C)C)C(C)(C)CCC3(C)C. The minimum Gasteiger partial charge on any atom is -0.311 e. The van der Waals surface area contributed by atoms with Crippen LogP contribution in [0.5, 0.6) is 0 Å². The smallest absolute Gasteiger partial charge is 0.264 e. The first-order valence-corrected chi connectivity index (χ1v) is 28.0. The predicted molar refractivity (Wildman–Crippen MR) is 311 cm³/mol. The Balaban J connectivity index is 1.25. The van der Waals surface area contributed by atoms with Crippen molar-refractivity contribution in [3.8, 4) is 11.1 Å². The maximum Gasteiger partial charge on any atom is 0.264 e. The Morgan fingerprint density at radius 3 is 1.51 bits per heavy atom. The summed E-state index contributed by atoms with van der Waals surface area (Å²) in [4.78, 5) is 5.28. The van der Waals surface area contributed by atoms with Crippen molar-refractivity contribution in [1.29, 1.82) is 0 Å². The van der Waals surface area contributed by atoms with E-state index < -0.39 is 0 Å². The topological polar surface area (TPSA) is 6.48 Å². The molecular weight excluding hydrogens is 895 g/mol. The first-order chi connectivity index (χ1) is 33.6.